The molecule has 0 spiro atoms. The van der Waals surface area contributed by atoms with Crippen molar-refractivity contribution in [3.05, 3.63) is 50.3 Å². The number of hydrogen-bond donors (Lipinski definition) is 1. The van der Waals surface area contributed by atoms with Gasteiger partial charge in [-0.1, -0.05) is 18.2 Å². The molecular formula is C15H17NO4. The zero-order valence-electron chi connectivity index (χ0n) is 11.6. The summed E-state index contributed by atoms with van der Waals surface area (Å²) in [5.74, 6) is 0.894. The van der Waals surface area contributed by atoms with E-state index in [0.29, 0.717) is 19.8 Å². The van der Waals surface area contributed by atoms with Gasteiger partial charge in [0.15, 0.2) is 5.75 Å². The maximum Gasteiger partial charge on any atom is 0.272 e. The van der Waals surface area contributed by atoms with Gasteiger partial charge in [-0.3, -0.25) is 9.59 Å². The van der Waals surface area contributed by atoms with Gasteiger partial charge in [0.05, 0.1) is 13.2 Å². The molecule has 0 radical (unpaired) electrons. The van der Waals surface area contributed by atoms with Gasteiger partial charge in [-0.25, -0.2) is 0 Å². The van der Waals surface area contributed by atoms with Crippen LogP contribution in [0.1, 0.15) is 19.4 Å². The fourth-order valence-electron chi connectivity index (χ4n) is 1.94. The molecule has 0 saturated heterocycles. The monoisotopic (exact) mass is 275 g/mol. The minimum atomic E-state index is -0.563. The lowest BCUT2D eigenvalue weighted by Gasteiger charge is -2.15. The molecule has 2 aromatic rings. The third-order valence-corrected chi connectivity index (χ3v) is 2.88. The smallest absolute Gasteiger partial charge is 0.272 e. The van der Waals surface area contributed by atoms with Crippen LogP contribution in [0, 0.1) is 0 Å². The molecule has 5 nitrogen and oxygen atoms in total. The molecule has 0 aliphatic rings. The number of anilines is 1. The summed E-state index contributed by atoms with van der Waals surface area (Å²) in [6.07, 6.45) is 0. The zero-order chi connectivity index (χ0) is 14.5. The van der Waals surface area contributed by atoms with Crippen LogP contribution in [0.3, 0.4) is 0 Å². The maximum absolute atomic E-state index is 11.5. The van der Waals surface area contributed by atoms with Crippen LogP contribution in [-0.4, -0.2) is 13.2 Å². The SMILES string of the molecule is CCOc1ccccc1CNc1c(OCC)c(=O)c1=O. The summed E-state index contributed by atoms with van der Waals surface area (Å²) < 4.78 is 10.7. The molecule has 0 aromatic heterocycles. The highest BCUT2D eigenvalue weighted by molar-refractivity contribution is 5.62. The summed E-state index contributed by atoms with van der Waals surface area (Å²) in [5.41, 5.74) is 0.0859. The third-order valence-electron chi connectivity index (χ3n) is 2.88. The van der Waals surface area contributed by atoms with E-state index in [1.807, 2.05) is 31.2 Å². The van der Waals surface area contributed by atoms with Crippen molar-refractivity contribution in [3.8, 4) is 11.5 Å². The van der Waals surface area contributed by atoms with Gasteiger partial charge in [-0.2, -0.15) is 0 Å². The standard InChI is InChI=1S/C15H17NO4/c1-3-19-11-8-6-5-7-10(11)9-16-12-13(17)14(18)15(12)20-4-2/h5-8,16H,3-4,9H2,1-2H3. The summed E-state index contributed by atoms with van der Waals surface area (Å²) in [6, 6.07) is 7.55. The zero-order valence-corrected chi connectivity index (χ0v) is 11.6. The molecule has 2 rings (SSSR count). The number of hydrogen-bond acceptors (Lipinski definition) is 5. The predicted molar refractivity (Wildman–Crippen MR) is 77.5 cm³/mol. The summed E-state index contributed by atoms with van der Waals surface area (Å²) in [6.45, 7) is 5.01. The Morgan fingerprint density at radius 1 is 1.00 bits per heavy atom. The highest BCUT2D eigenvalue weighted by Crippen LogP contribution is 2.22. The molecule has 0 bridgehead atoms. The van der Waals surface area contributed by atoms with Crippen LogP contribution in [0.15, 0.2) is 33.9 Å². The Hall–Kier alpha value is -2.30. The Labute approximate surface area is 116 Å². The maximum atomic E-state index is 11.5. The van der Waals surface area contributed by atoms with Crippen LogP contribution >= 0.6 is 0 Å². The van der Waals surface area contributed by atoms with Crippen LogP contribution in [0.4, 0.5) is 5.69 Å². The Bertz CT molecular complexity index is 656. The largest absolute Gasteiger partial charge is 0.494 e. The fourth-order valence-corrected chi connectivity index (χ4v) is 1.94. The highest BCUT2D eigenvalue weighted by Gasteiger charge is 2.22. The lowest BCUT2D eigenvalue weighted by atomic mass is 10.1. The number of para-hydroxylation sites is 1. The predicted octanol–water partition coefficient (Wildman–Crippen LogP) is 1.69. The van der Waals surface area contributed by atoms with Gasteiger partial charge in [0.2, 0.25) is 0 Å². The van der Waals surface area contributed by atoms with Crippen molar-refractivity contribution in [3.63, 3.8) is 0 Å². The summed E-state index contributed by atoms with van der Waals surface area (Å²) in [5, 5.41) is 2.95. The topological polar surface area (TPSA) is 64.6 Å². The van der Waals surface area contributed by atoms with Crippen molar-refractivity contribution in [2.24, 2.45) is 0 Å². The molecule has 0 unspecified atom stereocenters. The molecule has 2 aromatic carbocycles. The van der Waals surface area contributed by atoms with Crippen LogP contribution in [-0.2, 0) is 6.54 Å². The molecule has 106 valence electrons. The van der Waals surface area contributed by atoms with Crippen molar-refractivity contribution < 1.29 is 9.47 Å². The first kappa shape index (κ1) is 14.1. The average molecular weight is 275 g/mol. The molecule has 0 aliphatic carbocycles. The van der Waals surface area contributed by atoms with Crippen molar-refractivity contribution in [2.45, 2.75) is 20.4 Å². The van der Waals surface area contributed by atoms with Crippen LogP contribution < -0.4 is 25.6 Å². The molecule has 0 saturated carbocycles. The van der Waals surface area contributed by atoms with Crippen molar-refractivity contribution >= 4 is 5.69 Å². The van der Waals surface area contributed by atoms with Gasteiger partial charge in [0.1, 0.15) is 11.4 Å². The van der Waals surface area contributed by atoms with E-state index in [-0.39, 0.29) is 11.4 Å². The van der Waals surface area contributed by atoms with E-state index < -0.39 is 10.9 Å². The number of nitrogens with one attached hydrogen (secondary N) is 1. The summed E-state index contributed by atoms with van der Waals surface area (Å²) in [7, 11) is 0. The summed E-state index contributed by atoms with van der Waals surface area (Å²) >= 11 is 0. The molecule has 5 heteroatoms. The lowest BCUT2D eigenvalue weighted by molar-refractivity contribution is 0.333. The van der Waals surface area contributed by atoms with Gasteiger partial charge < -0.3 is 14.8 Å². The van der Waals surface area contributed by atoms with E-state index in [1.54, 1.807) is 6.92 Å². The van der Waals surface area contributed by atoms with Gasteiger partial charge in [0.25, 0.3) is 10.9 Å². The molecule has 0 aliphatic heterocycles. The first-order chi connectivity index (χ1) is 9.69. The Kier molecular flexibility index (Phi) is 4.40. The van der Waals surface area contributed by atoms with Crippen LogP contribution in [0.2, 0.25) is 0 Å². The van der Waals surface area contributed by atoms with Crippen LogP contribution in [0.25, 0.3) is 0 Å². The van der Waals surface area contributed by atoms with E-state index >= 15 is 0 Å². The van der Waals surface area contributed by atoms with Gasteiger partial charge in [-0.15, -0.1) is 0 Å². The molecule has 0 heterocycles. The Morgan fingerprint density at radius 3 is 2.40 bits per heavy atom. The van der Waals surface area contributed by atoms with Crippen molar-refractivity contribution in [2.75, 3.05) is 18.5 Å². The highest BCUT2D eigenvalue weighted by atomic mass is 16.5. The van der Waals surface area contributed by atoms with Gasteiger partial charge in [0, 0.05) is 12.1 Å². The third kappa shape index (κ3) is 2.66. The quantitative estimate of drug-likeness (QED) is 0.779. The molecule has 0 amide bonds. The van der Waals surface area contributed by atoms with E-state index in [0.717, 1.165) is 11.3 Å². The Morgan fingerprint density at radius 2 is 1.70 bits per heavy atom. The number of rotatable bonds is 7. The van der Waals surface area contributed by atoms with E-state index in [9.17, 15) is 9.59 Å². The molecule has 1 N–H and O–H groups in total. The van der Waals surface area contributed by atoms with E-state index in [1.165, 1.54) is 0 Å². The van der Waals surface area contributed by atoms with Crippen LogP contribution in [0.5, 0.6) is 11.5 Å². The molecular weight excluding hydrogens is 258 g/mol. The van der Waals surface area contributed by atoms with Crippen molar-refractivity contribution in [1.82, 2.24) is 0 Å². The first-order valence-corrected chi connectivity index (χ1v) is 6.59. The minimum Gasteiger partial charge on any atom is -0.494 e. The second-order valence-corrected chi connectivity index (χ2v) is 4.19. The van der Waals surface area contributed by atoms with E-state index in [2.05, 4.69) is 5.32 Å². The average Bonchev–Trinajstić information content (AvgIpc) is 2.47. The second-order valence-electron chi connectivity index (χ2n) is 4.19. The number of ether oxygens (including phenoxy) is 2. The van der Waals surface area contributed by atoms with Crippen molar-refractivity contribution in [1.29, 1.82) is 0 Å². The lowest BCUT2D eigenvalue weighted by Crippen LogP contribution is -2.35. The Balaban J connectivity index is 2.12. The van der Waals surface area contributed by atoms with Gasteiger partial charge in [-0.05, 0) is 19.9 Å². The molecule has 0 atom stereocenters. The van der Waals surface area contributed by atoms with Gasteiger partial charge >= 0.3 is 0 Å². The molecule has 0 fully saturated rings. The normalized spacial score (nSPS) is 10.5. The summed E-state index contributed by atoms with van der Waals surface area (Å²) in [4.78, 5) is 22.8. The number of benzene rings is 1. The van der Waals surface area contributed by atoms with E-state index in [4.69, 9.17) is 9.47 Å². The second kappa shape index (κ2) is 6.23. The fraction of sp³-hybridized carbons (Fsp3) is 0.333. The first-order valence-electron chi connectivity index (χ1n) is 6.59. The minimum absolute atomic E-state index is 0.131. The molecule has 20 heavy (non-hydrogen) atoms.